The zero-order chi connectivity index (χ0) is 14.4. The van der Waals surface area contributed by atoms with Crippen LogP contribution in [0.4, 0.5) is 0 Å². The Balaban J connectivity index is 2.83. The average molecular weight is 264 g/mol. The van der Waals surface area contributed by atoms with E-state index in [9.17, 15) is 9.59 Å². The lowest BCUT2D eigenvalue weighted by Crippen LogP contribution is -2.43. The second-order valence-electron chi connectivity index (χ2n) is 4.89. The molecule has 0 aromatic heterocycles. The van der Waals surface area contributed by atoms with Crippen molar-refractivity contribution in [3.8, 4) is 0 Å². The first-order valence-electron chi connectivity index (χ1n) is 6.23. The van der Waals surface area contributed by atoms with Gasteiger partial charge in [0.25, 0.3) is 0 Å². The highest BCUT2D eigenvalue weighted by molar-refractivity contribution is 5.86. The second-order valence-corrected chi connectivity index (χ2v) is 4.89. The third-order valence-electron chi connectivity index (χ3n) is 2.65. The summed E-state index contributed by atoms with van der Waals surface area (Å²) in [4.78, 5) is 24.4. The molecule has 0 aliphatic heterocycles. The van der Waals surface area contributed by atoms with E-state index in [1.807, 2.05) is 19.9 Å². The Kier molecular flexibility index (Phi) is 5.51. The van der Waals surface area contributed by atoms with Crippen LogP contribution in [-0.4, -0.2) is 35.0 Å². The maximum absolute atomic E-state index is 12.3. The largest absolute Gasteiger partial charge is 0.480 e. The molecule has 0 spiro atoms. The third-order valence-corrected chi connectivity index (χ3v) is 2.65. The molecule has 0 saturated heterocycles. The fraction of sp³-hybridized carbons (Fsp3) is 0.429. The van der Waals surface area contributed by atoms with E-state index in [0.29, 0.717) is 12.1 Å². The summed E-state index contributed by atoms with van der Waals surface area (Å²) in [5.74, 6) is -1.21. The molecule has 1 atom stereocenters. The summed E-state index contributed by atoms with van der Waals surface area (Å²) in [5, 5.41) is 8.86. The van der Waals surface area contributed by atoms with E-state index >= 15 is 0 Å². The molecular formula is C14H20N2O3. The Labute approximate surface area is 113 Å². The number of benzene rings is 1. The number of carboxylic acids is 1. The van der Waals surface area contributed by atoms with E-state index in [1.165, 1.54) is 4.90 Å². The van der Waals surface area contributed by atoms with Crippen LogP contribution in [0.1, 0.15) is 25.5 Å². The van der Waals surface area contributed by atoms with Crippen LogP contribution in [0.3, 0.4) is 0 Å². The molecule has 1 aromatic rings. The normalized spacial score (nSPS) is 12.2. The molecular weight excluding hydrogens is 244 g/mol. The monoisotopic (exact) mass is 264 g/mol. The Morgan fingerprint density at radius 1 is 1.26 bits per heavy atom. The van der Waals surface area contributed by atoms with Gasteiger partial charge < -0.3 is 15.7 Å². The molecule has 0 radical (unpaired) electrons. The third kappa shape index (κ3) is 4.71. The minimum absolute atomic E-state index is 0.186. The number of nitrogens with two attached hydrogens (primary N) is 1. The van der Waals surface area contributed by atoms with Crippen LogP contribution in [0.5, 0.6) is 0 Å². The van der Waals surface area contributed by atoms with Crippen LogP contribution in [0.25, 0.3) is 0 Å². The Morgan fingerprint density at radius 3 is 2.32 bits per heavy atom. The molecule has 1 amide bonds. The zero-order valence-corrected chi connectivity index (χ0v) is 11.2. The van der Waals surface area contributed by atoms with Crippen molar-refractivity contribution in [2.75, 3.05) is 13.1 Å². The maximum Gasteiger partial charge on any atom is 0.323 e. The van der Waals surface area contributed by atoms with Crippen LogP contribution in [0, 0.1) is 5.92 Å². The predicted molar refractivity (Wildman–Crippen MR) is 72.4 cm³/mol. The van der Waals surface area contributed by atoms with E-state index in [4.69, 9.17) is 10.8 Å². The number of carbonyl (C=O) groups is 2. The lowest BCUT2D eigenvalue weighted by Gasteiger charge is -2.25. The highest BCUT2D eigenvalue weighted by Gasteiger charge is 2.24. The Morgan fingerprint density at radius 2 is 1.84 bits per heavy atom. The second kappa shape index (κ2) is 6.89. The highest BCUT2D eigenvalue weighted by Crippen LogP contribution is 2.13. The van der Waals surface area contributed by atoms with Crippen LogP contribution in [-0.2, 0) is 9.59 Å². The van der Waals surface area contributed by atoms with Gasteiger partial charge in [0.15, 0.2) is 0 Å². The predicted octanol–water partition coefficient (Wildman–Crippen LogP) is 1.26. The van der Waals surface area contributed by atoms with Crippen LogP contribution in [0.15, 0.2) is 30.3 Å². The molecule has 0 aliphatic carbocycles. The molecule has 0 heterocycles. The fourth-order valence-corrected chi connectivity index (χ4v) is 1.84. The molecule has 1 aromatic carbocycles. The first kappa shape index (κ1) is 15.2. The standard InChI is InChI=1S/C14H20N2O3/c1-10(2)8-16(9-12(17)18)14(19)13(15)11-6-4-3-5-7-11/h3-7,10,13H,8-9,15H2,1-2H3,(H,17,18). The van der Waals surface area contributed by atoms with Gasteiger partial charge in [0.2, 0.25) is 5.91 Å². The number of carbonyl (C=O) groups excluding carboxylic acids is 1. The summed E-state index contributed by atoms with van der Waals surface area (Å²) in [6.45, 7) is 3.91. The topological polar surface area (TPSA) is 83.6 Å². The van der Waals surface area contributed by atoms with Gasteiger partial charge in [-0.1, -0.05) is 44.2 Å². The molecule has 1 unspecified atom stereocenters. The van der Waals surface area contributed by atoms with Crippen LogP contribution < -0.4 is 5.73 Å². The number of rotatable bonds is 6. The number of carboxylic acid groups (broad SMARTS) is 1. The lowest BCUT2D eigenvalue weighted by atomic mass is 10.1. The van der Waals surface area contributed by atoms with Gasteiger partial charge in [0, 0.05) is 6.54 Å². The van der Waals surface area contributed by atoms with Crippen LogP contribution in [0.2, 0.25) is 0 Å². The first-order valence-corrected chi connectivity index (χ1v) is 6.23. The van der Waals surface area contributed by atoms with Gasteiger partial charge in [-0.25, -0.2) is 0 Å². The van der Waals surface area contributed by atoms with E-state index in [1.54, 1.807) is 24.3 Å². The van der Waals surface area contributed by atoms with Crippen molar-refractivity contribution in [2.24, 2.45) is 11.7 Å². The zero-order valence-electron chi connectivity index (χ0n) is 11.2. The molecule has 5 heteroatoms. The number of hydrogen-bond acceptors (Lipinski definition) is 3. The smallest absolute Gasteiger partial charge is 0.323 e. The summed E-state index contributed by atoms with van der Waals surface area (Å²) in [5.41, 5.74) is 6.59. The summed E-state index contributed by atoms with van der Waals surface area (Å²) >= 11 is 0. The van der Waals surface area contributed by atoms with E-state index in [-0.39, 0.29) is 18.4 Å². The van der Waals surface area contributed by atoms with E-state index < -0.39 is 12.0 Å². The molecule has 0 aliphatic rings. The molecule has 0 saturated carbocycles. The molecule has 19 heavy (non-hydrogen) atoms. The SMILES string of the molecule is CC(C)CN(CC(=O)O)C(=O)C(N)c1ccccc1. The van der Waals surface area contributed by atoms with Crippen molar-refractivity contribution in [1.29, 1.82) is 0 Å². The summed E-state index contributed by atoms with van der Waals surface area (Å²) in [6, 6.07) is 8.13. The van der Waals surface area contributed by atoms with Crippen molar-refractivity contribution in [2.45, 2.75) is 19.9 Å². The van der Waals surface area contributed by atoms with E-state index in [0.717, 1.165) is 0 Å². The minimum atomic E-state index is -1.03. The molecule has 0 bridgehead atoms. The van der Waals surface area contributed by atoms with Crippen LogP contribution >= 0.6 is 0 Å². The summed E-state index contributed by atoms with van der Waals surface area (Å²) in [6.07, 6.45) is 0. The molecule has 104 valence electrons. The molecule has 3 N–H and O–H groups in total. The Hall–Kier alpha value is -1.88. The van der Waals surface area contributed by atoms with Crippen molar-refractivity contribution in [3.63, 3.8) is 0 Å². The quantitative estimate of drug-likeness (QED) is 0.810. The van der Waals surface area contributed by atoms with Gasteiger partial charge in [-0.3, -0.25) is 9.59 Å². The van der Waals surface area contributed by atoms with Gasteiger partial charge in [-0.05, 0) is 11.5 Å². The minimum Gasteiger partial charge on any atom is -0.480 e. The Bertz CT molecular complexity index is 432. The van der Waals surface area contributed by atoms with Gasteiger partial charge >= 0.3 is 5.97 Å². The van der Waals surface area contributed by atoms with Gasteiger partial charge in [-0.2, -0.15) is 0 Å². The number of nitrogens with zero attached hydrogens (tertiary/aromatic N) is 1. The number of amides is 1. The molecule has 5 nitrogen and oxygen atoms in total. The van der Waals surface area contributed by atoms with Crippen molar-refractivity contribution < 1.29 is 14.7 Å². The fourth-order valence-electron chi connectivity index (χ4n) is 1.84. The lowest BCUT2D eigenvalue weighted by molar-refractivity contribution is -0.145. The van der Waals surface area contributed by atoms with Gasteiger partial charge in [0.05, 0.1) is 0 Å². The molecule has 1 rings (SSSR count). The maximum atomic E-state index is 12.3. The first-order chi connectivity index (χ1) is 8.91. The van der Waals surface area contributed by atoms with Gasteiger partial charge in [0.1, 0.15) is 12.6 Å². The number of hydrogen-bond donors (Lipinski definition) is 2. The average Bonchev–Trinajstić information content (AvgIpc) is 2.36. The van der Waals surface area contributed by atoms with E-state index in [2.05, 4.69) is 0 Å². The highest BCUT2D eigenvalue weighted by atomic mass is 16.4. The van der Waals surface area contributed by atoms with Crippen molar-refractivity contribution in [3.05, 3.63) is 35.9 Å². The summed E-state index contributed by atoms with van der Waals surface area (Å²) in [7, 11) is 0. The summed E-state index contributed by atoms with van der Waals surface area (Å²) < 4.78 is 0. The number of aliphatic carboxylic acids is 1. The van der Waals surface area contributed by atoms with Crippen molar-refractivity contribution >= 4 is 11.9 Å². The van der Waals surface area contributed by atoms with Gasteiger partial charge in [-0.15, -0.1) is 0 Å². The van der Waals surface area contributed by atoms with Crippen molar-refractivity contribution in [1.82, 2.24) is 4.90 Å². The molecule has 0 fully saturated rings.